The quantitative estimate of drug-likeness (QED) is 0.550. The molecule has 0 saturated heterocycles. The lowest BCUT2D eigenvalue weighted by Crippen LogP contribution is -2.31. The number of fused-ring (bicyclic) bond motifs is 1. The standard InChI is InChI=1S/C26H29NO5/c1-4-17-9-11-18(12-10-17)26(29)32-24-15-19(13-14-23(24)30-3)27(2)21-16-25(28)31-22-8-6-5-7-20(21)22/h5-6,8-9,11,15-16,20H,4,7,10,12-14H2,1-3H3. The van der Waals surface area contributed by atoms with Crippen LogP contribution in [0.5, 0.6) is 0 Å². The van der Waals surface area contributed by atoms with E-state index in [4.69, 9.17) is 14.2 Å². The van der Waals surface area contributed by atoms with Crippen LogP contribution in [0, 0.1) is 5.92 Å². The Morgan fingerprint density at radius 1 is 1.16 bits per heavy atom. The van der Waals surface area contributed by atoms with Crippen molar-refractivity contribution in [2.45, 2.75) is 45.4 Å². The molecule has 32 heavy (non-hydrogen) atoms. The van der Waals surface area contributed by atoms with Crippen LogP contribution in [-0.4, -0.2) is 31.0 Å². The highest BCUT2D eigenvalue weighted by molar-refractivity contribution is 5.90. The van der Waals surface area contributed by atoms with Crippen LogP contribution >= 0.6 is 0 Å². The van der Waals surface area contributed by atoms with Crippen molar-refractivity contribution in [3.63, 3.8) is 0 Å². The molecule has 0 aromatic rings. The van der Waals surface area contributed by atoms with Gasteiger partial charge in [-0.05, 0) is 38.2 Å². The van der Waals surface area contributed by atoms with Crippen molar-refractivity contribution in [2.24, 2.45) is 5.92 Å². The molecule has 3 aliphatic carbocycles. The van der Waals surface area contributed by atoms with E-state index in [2.05, 4.69) is 13.0 Å². The van der Waals surface area contributed by atoms with Crippen molar-refractivity contribution in [3.05, 3.63) is 82.3 Å². The van der Waals surface area contributed by atoms with E-state index in [0.29, 0.717) is 42.1 Å². The molecular formula is C26H29NO5. The maximum Gasteiger partial charge on any atom is 0.339 e. The van der Waals surface area contributed by atoms with Crippen LogP contribution in [0.2, 0.25) is 0 Å². The van der Waals surface area contributed by atoms with Gasteiger partial charge in [0.05, 0.1) is 13.0 Å². The van der Waals surface area contributed by atoms with Crippen LogP contribution in [0.25, 0.3) is 0 Å². The summed E-state index contributed by atoms with van der Waals surface area (Å²) in [6, 6.07) is 0. The average molecular weight is 436 g/mol. The molecule has 1 unspecified atom stereocenters. The topological polar surface area (TPSA) is 65.1 Å². The molecule has 1 heterocycles. The molecule has 0 saturated carbocycles. The third kappa shape index (κ3) is 4.49. The van der Waals surface area contributed by atoms with E-state index in [1.165, 1.54) is 5.57 Å². The highest BCUT2D eigenvalue weighted by Crippen LogP contribution is 2.37. The van der Waals surface area contributed by atoms with Gasteiger partial charge >= 0.3 is 11.9 Å². The third-order valence-corrected chi connectivity index (χ3v) is 6.35. The molecule has 0 spiro atoms. The molecule has 6 heteroatoms. The molecule has 1 atom stereocenters. The molecule has 0 aromatic carbocycles. The van der Waals surface area contributed by atoms with Crippen LogP contribution in [0.4, 0.5) is 0 Å². The normalized spacial score (nSPS) is 22.5. The van der Waals surface area contributed by atoms with Crippen molar-refractivity contribution >= 4 is 11.9 Å². The highest BCUT2D eigenvalue weighted by Gasteiger charge is 2.32. The predicted octanol–water partition coefficient (Wildman–Crippen LogP) is 4.95. The Morgan fingerprint density at radius 2 is 2.00 bits per heavy atom. The summed E-state index contributed by atoms with van der Waals surface area (Å²) >= 11 is 0. The maximum absolute atomic E-state index is 12.8. The minimum atomic E-state index is -0.371. The smallest absolute Gasteiger partial charge is 0.339 e. The van der Waals surface area contributed by atoms with Gasteiger partial charge in [0.1, 0.15) is 11.5 Å². The first kappa shape index (κ1) is 21.9. The lowest BCUT2D eigenvalue weighted by Gasteiger charge is -2.35. The number of esters is 2. The first-order chi connectivity index (χ1) is 15.5. The number of ether oxygens (including phenoxy) is 3. The Balaban J connectivity index is 1.56. The number of methoxy groups -OCH3 is 1. The lowest BCUT2D eigenvalue weighted by atomic mass is 9.91. The summed E-state index contributed by atoms with van der Waals surface area (Å²) < 4.78 is 16.7. The summed E-state index contributed by atoms with van der Waals surface area (Å²) in [4.78, 5) is 26.9. The lowest BCUT2D eigenvalue weighted by molar-refractivity contribution is -0.136. The number of hydrogen-bond acceptors (Lipinski definition) is 6. The zero-order chi connectivity index (χ0) is 22.7. The van der Waals surface area contributed by atoms with E-state index in [1.807, 2.05) is 42.3 Å². The van der Waals surface area contributed by atoms with Crippen LogP contribution in [-0.2, 0) is 23.8 Å². The van der Waals surface area contributed by atoms with Gasteiger partial charge in [-0.15, -0.1) is 0 Å². The van der Waals surface area contributed by atoms with Crippen molar-refractivity contribution in [2.75, 3.05) is 14.2 Å². The van der Waals surface area contributed by atoms with Gasteiger partial charge in [0.15, 0.2) is 5.76 Å². The van der Waals surface area contributed by atoms with E-state index >= 15 is 0 Å². The number of carbonyl (C=O) groups excluding carboxylic acids is 2. The molecule has 0 amide bonds. The van der Waals surface area contributed by atoms with Gasteiger partial charge in [0.25, 0.3) is 0 Å². The first-order valence-corrected chi connectivity index (χ1v) is 11.1. The second-order valence-corrected chi connectivity index (χ2v) is 8.22. The second kappa shape index (κ2) is 9.47. The van der Waals surface area contributed by atoms with Gasteiger partial charge in [-0.1, -0.05) is 36.8 Å². The van der Waals surface area contributed by atoms with E-state index < -0.39 is 0 Å². The van der Waals surface area contributed by atoms with Crippen molar-refractivity contribution in [1.29, 1.82) is 0 Å². The number of allylic oxidation sites excluding steroid dienone is 9. The first-order valence-electron chi connectivity index (χ1n) is 11.1. The summed E-state index contributed by atoms with van der Waals surface area (Å²) in [5.74, 6) is 1.02. The van der Waals surface area contributed by atoms with E-state index in [0.717, 1.165) is 30.7 Å². The molecule has 0 aromatic heterocycles. The molecule has 168 valence electrons. The Bertz CT molecular complexity index is 1030. The Labute approximate surface area is 188 Å². The Morgan fingerprint density at radius 3 is 2.72 bits per heavy atom. The number of rotatable bonds is 6. The maximum atomic E-state index is 12.8. The fraction of sp³-hybridized carbons (Fsp3) is 0.385. The third-order valence-electron chi connectivity index (χ3n) is 6.35. The van der Waals surface area contributed by atoms with Gasteiger partial charge in [0.2, 0.25) is 0 Å². The summed E-state index contributed by atoms with van der Waals surface area (Å²) in [7, 11) is 3.52. The van der Waals surface area contributed by atoms with Crippen LogP contribution in [0.15, 0.2) is 82.3 Å². The van der Waals surface area contributed by atoms with Crippen LogP contribution in [0.3, 0.4) is 0 Å². The summed E-state index contributed by atoms with van der Waals surface area (Å²) in [6.07, 6.45) is 17.7. The molecule has 0 radical (unpaired) electrons. The number of hydrogen-bond donors (Lipinski definition) is 0. The molecule has 0 fully saturated rings. The zero-order valence-corrected chi connectivity index (χ0v) is 18.8. The largest absolute Gasteiger partial charge is 0.497 e. The van der Waals surface area contributed by atoms with Crippen LogP contribution < -0.4 is 0 Å². The van der Waals surface area contributed by atoms with Crippen LogP contribution in [0.1, 0.15) is 45.4 Å². The van der Waals surface area contributed by atoms with Crippen molar-refractivity contribution < 1.29 is 23.8 Å². The van der Waals surface area contributed by atoms with E-state index in [1.54, 1.807) is 13.2 Å². The molecule has 0 bridgehead atoms. The second-order valence-electron chi connectivity index (χ2n) is 8.22. The highest BCUT2D eigenvalue weighted by atomic mass is 16.6. The Hall–Kier alpha value is -3.28. The zero-order valence-electron chi connectivity index (χ0n) is 18.8. The monoisotopic (exact) mass is 435 g/mol. The summed E-state index contributed by atoms with van der Waals surface area (Å²) in [5.41, 5.74) is 3.83. The van der Waals surface area contributed by atoms with Gasteiger partial charge in [0, 0.05) is 42.6 Å². The Kier molecular flexibility index (Phi) is 6.49. The van der Waals surface area contributed by atoms with Crippen molar-refractivity contribution in [1.82, 2.24) is 4.90 Å². The molecule has 0 N–H and O–H groups in total. The molecule has 1 aliphatic heterocycles. The fourth-order valence-corrected chi connectivity index (χ4v) is 4.38. The molecular weight excluding hydrogens is 406 g/mol. The molecule has 4 aliphatic rings. The number of nitrogens with zero attached hydrogens (tertiary/aromatic N) is 1. The number of carbonyl (C=O) groups is 2. The predicted molar refractivity (Wildman–Crippen MR) is 120 cm³/mol. The van der Waals surface area contributed by atoms with Gasteiger partial charge in [-0.2, -0.15) is 0 Å². The van der Waals surface area contributed by atoms with E-state index in [9.17, 15) is 9.59 Å². The minimum absolute atomic E-state index is 0.00524. The van der Waals surface area contributed by atoms with Gasteiger partial charge < -0.3 is 19.1 Å². The average Bonchev–Trinajstić information content (AvgIpc) is 2.83. The molecule has 6 nitrogen and oxygen atoms in total. The van der Waals surface area contributed by atoms with E-state index in [-0.39, 0.29) is 17.9 Å². The SMILES string of the molecule is CCC1=CC=C(C(=O)OC2=C(OC)CCC(N(C)C3=CC(=O)OC4=CC=CCC43)=C2)CC1. The van der Waals surface area contributed by atoms with Gasteiger partial charge in [-0.3, -0.25) is 0 Å². The fourth-order valence-electron chi connectivity index (χ4n) is 4.38. The molecule has 4 rings (SSSR count). The van der Waals surface area contributed by atoms with Gasteiger partial charge in [-0.25, -0.2) is 9.59 Å². The summed E-state index contributed by atoms with van der Waals surface area (Å²) in [6.45, 7) is 2.12. The van der Waals surface area contributed by atoms with Crippen molar-refractivity contribution in [3.8, 4) is 0 Å². The summed E-state index contributed by atoms with van der Waals surface area (Å²) in [5, 5.41) is 0. The minimum Gasteiger partial charge on any atom is -0.497 e.